The van der Waals surface area contributed by atoms with Gasteiger partial charge in [0.1, 0.15) is 5.82 Å². The van der Waals surface area contributed by atoms with Crippen molar-refractivity contribution < 1.29 is 10.3 Å². The van der Waals surface area contributed by atoms with E-state index < -0.39 is 5.60 Å². The zero-order valence-corrected chi connectivity index (χ0v) is 10.4. The van der Waals surface area contributed by atoms with Crippen molar-refractivity contribution in [1.82, 2.24) is 4.98 Å². The van der Waals surface area contributed by atoms with Gasteiger partial charge in [0.25, 0.3) is 0 Å². The van der Waals surface area contributed by atoms with Gasteiger partial charge < -0.3 is 20.9 Å². The number of hydrogen-bond acceptors (Lipinski definition) is 5. The number of rotatable bonds is 2. The topological polar surface area (TPSA) is 95.0 Å². The van der Waals surface area contributed by atoms with Gasteiger partial charge in [-0.3, -0.25) is 0 Å². The first-order valence-electron chi connectivity index (χ1n) is 5.93. The van der Waals surface area contributed by atoms with Crippen molar-refractivity contribution in [1.29, 1.82) is 0 Å². The summed E-state index contributed by atoms with van der Waals surface area (Å²) in [6, 6.07) is 3.48. The minimum atomic E-state index is -0.584. The van der Waals surface area contributed by atoms with Gasteiger partial charge >= 0.3 is 0 Å². The first-order chi connectivity index (χ1) is 8.52. The lowest BCUT2D eigenvalue weighted by Gasteiger charge is -2.36. The zero-order chi connectivity index (χ0) is 13.2. The smallest absolute Gasteiger partial charge is 0.170 e. The molecule has 6 heteroatoms. The number of nitrogens with two attached hydrogens (primary N) is 1. The van der Waals surface area contributed by atoms with Crippen molar-refractivity contribution in [2.45, 2.75) is 25.4 Å². The molecule has 0 spiro atoms. The van der Waals surface area contributed by atoms with E-state index in [0.717, 1.165) is 18.9 Å². The number of oxime groups is 1. The number of nitrogens with zero attached hydrogens (tertiary/aromatic N) is 3. The zero-order valence-electron chi connectivity index (χ0n) is 10.4. The third-order valence-electron chi connectivity index (χ3n) is 3.31. The van der Waals surface area contributed by atoms with Crippen LogP contribution in [0.5, 0.6) is 0 Å². The fraction of sp³-hybridized carbons (Fsp3) is 0.500. The molecule has 18 heavy (non-hydrogen) atoms. The number of aliphatic hydroxyl groups is 1. The van der Waals surface area contributed by atoms with Crippen LogP contribution >= 0.6 is 0 Å². The molecule has 1 aromatic heterocycles. The monoisotopic (exact) mass is 250 g/mol. The van der Waals surface area contributed by atoms with E-state index in [4.69, 9.17) is 10.9 Å². The van der Waals surface area contributed by atoms with Gasteiger partial charge in [-0.1, -0.05) is 5.16 Å². The maximum absolute atomic E-state index is 9.90. The number of piperidine rings is 1. The molecule has 98 valence electrons. The summed E-state index contributed by atoms with van der Waals surface area (Å²) >= 11 is 0. The van der Waals surface area contributed by atoms with Crippen molar-refractivity contribution in [3.63, 3.8) is 0 Å². The van der Waals surface area contributed by atoms with Gasteiger partial charge in [-0.25, -0.2) is 4.98 Å². The Morgan fingerprint density at radius 2 is 2.17 bits per heavy atom. The summed E-state index contributed by atoms with van der Waals surface area (Å²) in [5, 5.41) is 21.5. The molecule has 0 unspecified atom stereocenters. The molecule has 6 nitrogen and oxygen atoms in total. The van der Waals surface area contributed by atoms with Crippen molar-refractivity contribution in [2.75, 3.05) is 18.0 Å². The summed E-state index contributed by atoms with van der Waals surface area (Å²) in [5.74, 6) is 0.859. The van der Waals surface area contributed by atoms with Gasteiger partial charge in [0.2, 0.25) is 0 Å². The Morgan fingerprint density at radius 1 is 1.50 bits per heavy atom. The molecule has 1 saturated heterocycles. The van der Waals surface area contributed by atoms with Crippen molar-refractivity contribution in [3.8, 4) is 0 Å². The molecular weight excluding hydrogens is 232 g/mol. The Kier molecular flexibility index (Phi) is 3.38. The molecule has 0 saturated carbocycles. The summed E-state index contributed by atoms with van der Waals surface area (Å²) in [7, 11) is 0. The lowest BCUT2D eigenvalue weighted by Crippen LogP contribution is -2.42. The molecule has 0 aliphatic carbocycles. The van der Waals surface area contributed by atoms with Crippen molar-refractivity contribution in [2.24, 2.45) is 10.9 Å². The quantitative estimate of drug-likeness (QED) is 0.308. The molecule has 2 heterocycles. The van der Waals surface area contributed by atoms with Crippen LogP contribution in [0.3, 0.4) is 0 Å². The molecule has 4 N–H and O–H groups in total. The fourth-order valence-corrected chi connectivity index (χ4v) is 2.03. The molecule has 1 aromatic rings. The van der Waals surface area contributed by atoms with Gasteiger partial charge in [-0.2, -0.15) is 0 Å². The van der Waals surface area contributed by atoms with Crippen molar-refractivity contribution in [3.05, 3.63) is 23.9 Å². The van der Waals surface area contributed by atoms with Crippen LogP contribution in [0.1, 0.15) is 25.3 Å². The van der Waals surface area contributed by atoms with Crippen LogP contribution in [0.15, 0.2) is 23.5 Å². The summed E-state index contributed by atoms with van der Waals surface area (Å²) in [6.45, 7) is 3.35. The fourth-order valence-electron chi connectivity index (χ4n) is 2.03. The normalized spacial score (nSPS) is 19.9. The molecule has 2 rings (SSSR count). The van der Waals surface area contributed by atoms with E-state index in [1.807, 2.05) is 6.92 Å². The second-order valence-electron chi connectivity index (χ2n) is 4.87. The van der Waals surface area contributed by atoms with Crippen LogP contribution in [0, 0.1) is 0 Å². The largest absolute Gasteiger partial charge is 0.409 e. The first kappa shape index (κ1) is 12.6. The summed E-state index contributed by atoms with van der Waals surface area (Å²) in [4.78, 5) is 6.37. The highest BCUT2D eigenvalue weighted by Gasteiger charge is 2.27. The average molecular weight is 250 g/mol. The van der Waals surface area contributed by atoms with Gasteiger partial charge in [-0.15, -0.1) is 0 Å². The lowest BCUT2D eigenvalue weighted by molar-refractivity contribution is 0.0350. The highest BCUT2D eigenvalue weighted by molar-refractivity contribution is 5.97. The average Bonchev–Trinajstić information content (AvgIpc) is 2.38. The summed E-state index contributed by atoms with van der Waals surface area (Å²) in [6.07, 6.45) is 3.06. The predicted octanol–water partition coefficient (Wildman–Crippen LogP) is 0.527. The minimum absolute atomic E-state index is 0.0719. The maximum Gasteiger partial charge on any atom is 0.170 e. The van der Waals surface area contributed by atoms with Gasteiger partial charge in [-0.05, 0) is 31.9 Å². The van der Waals surface area contributed by atoms with E-state index in [2.05, 4.69) is 15.0 Å². The lowest BCUT2D eigenvalue weighted by atomic mass is 9.94. The van der Waals surface area contributed by atoms with E-state index in [-0.39, 0.29) is 5.84 Å². The predicted molar refractivity (Wildman–Crippen MR) is 68.8 cm³/mol. The summed E-state index contributed by atoms with van der Waals surface area (Å²) < 4.78 is 0. The van der Waals surface area contributed by atoms with Gasteiger partial charge in [0.15, 0.2) is 5.84 Å². The van der Waals surface area contributed by atoms with Crippen LogP contribution < -0.4 is 10.6 Å². The van der Waals surface area contributed by atoms with Gasteiger partial charge in [0, 0.05) is 24.8 Å². The van der Waals surface area contributed by atoms with Crippen LogP contribution in [0.25, 0.3) is 0 Å². The molecule has 0 radical (unpaired) electrons. The Bertz CT molecular complexity index is 449. The number of aromatic nitrogens is 1. The Labute approximate surface area is 106 Å². The van der Waals surface area contributed by atoms with E-state index >= 15 is 0 Å². The molecule has 0 aromatic carbocycles. The number of pyridine rings is 1. The van der Waals surface area contributed by atoms with E-state index in [0.29, 0.717) is 18.4 Å². The van der Waals surface area contributed by atoms with E-state index in [1.165, 1.54) is 0 Å². The highest BCUT2D eigenvalue weighted by Crippen LogP contribution is 2.24. The second kappa shape index (κ2) is 4.81. The van der Waals surface area contributed by atoms with Crippen LogP contribution in [-0.2, 0) is 0 Å². The molecular formula is C12H18N4O2. The standard InChI is InChI=1S/C12H18N4O2/c1-12(17)3-6-16(7-4-12)10-8-9(2-5-14-10)11(13)15-18/h2,5,8,17-18H,3-4,6-7H2,1H3,(H2,13,15). The highest BCUT2D eigenvalue weighted by atomic mass is 16.4. The van der Waals surface area contributed by atoms with Crippen molar-refractivity contribution >= 4 is 11.7 Å². The molecule has 1 fully saturated rings. The first-order valence-corrected chi connectivity index (χ1v) is 5.93. The van der Waals surface area contributed by atoms with E-state index in [9.17, 15) is 5.11 Å². The SMILES string of the molecule is CC1(O)CCN(c2cc(/C(N)=N/O)ccn2)CC1. The van der Waals surface area contributed by atoms with Gasteiger partial charge in [0.05, 0.1) is 5.60 Å². The number of anilines is 1. The summed E-state index contributed by atoms with van der Waals surface area (Å²) in [5.41, 5.74) is 5.60. The Hall–Kier alpha value is -1.82. The molecule has 0 atom stereocenters. The Morgan fingerprint density at radius 3 is 2.78 bits per heavy atom. The Balaban J connectivity index is 2.15. The van der Waals surface area contributed by atoms with Crippen LogP contribution in [0.4, 0.5) is 5.82 Å². The van der Waals surface area contributed by atoms with Crippen LogP contribution in [-0.4, -0.2) is 39.8 Å². The molecule has 1 aliphatic rings. The van der Waals surface area contributed by atoms with E-state index in [1.54, 1.807) is 18.3 Å². The number of hydrogen-bond donors (Lipinski definition) is 3. The van der Waals surface area contributed by atoms with Crippen LogP contribution in [0.2, 0.25) is 0 Å². The second-order valence-corrected chi connectivity index (χ2v) is 4.87. The molecule has 0 amide bonds. The third-order valence-corrected chi connectivity index (χ3v) is 3.31. The maximum atomic E-state index is 9.90. The third kappa shape index (κ3) is 2.70. The molecule has 0 bridgehead atoms. The number of amidine groups is 1. The minimum Gasteiger partial charge on any atom is -0.409 e. The molecule has 1 aliphatic heterocycles.